The fourth-order valence-corrected chi connectivity index (χ4v) is 2.48. The highest BCUT2D eigenvalue weighted by Crippen LogP contribution is 2.35. The van der Waals surface area contributed by atoms with E-state index in [0.29, 0.717) is 22.1 Å². The Morgan fingerprint density at radius 3 is 2.67 bits per heavy atom. The first-order valence-electron chi connectivity index (χ1n) is 6.22. The highest BCUT2D eigenvalue weighted by molar-refractivity contribution is 9.10. The number of nitrogens with two attached hydrogens (primary N) is 1. The Balaban J connectivity index is 2.46. The molecule has 1 heterocycles. The molecule has 0 aliphatic heterocycles. The third-order valence-electron chi connectivity index (χ3n) is 3.11. The van der Waals surface area contributed by atoms with E-state index in [9.17, 15) is 13.2 Å². The number of benzene rings is 1. The van der Waals surface area contributed by atoms with Gasteiger partial charge in [0.25, 0.3) is 0 Å². The number of rotatable bonds is 4. The van der Waals surface area contributed by atoms with E-state index >= 15 is 0 Å². The van der Waals surface area contributed by atoms with E-state index in [4.69, 9.17) is 5.84 Å². The molecule has 0 aliphatic carbocycles. The van der Waals surface area contributed by atoms with Crippen molar-refractivity contribution >= 4 is 15.9 Å². The lowest BCUT2D eigenvalue weighted by Crippen LogP contribution is -2.29. The second-order valence-corrected chi connectivity index (χ2v) is 5.32. The Morgan fingerprint density at radius 1 is 1.43 bits per heavy atom. The first-order valence-corrected chi connectivity index (χ1v) is 7.01. The fourth-order valence-electron chi connectivity index (χ4n) is 2.01. The minimum absolute atomic E-state index is 0.406. The summed E-state index contributed by atoms with van der Waals surface area (Å²) in [5, 5.41) is 4.11. The van der Waals surface area contributed by atoms with Crippen molar-refractivity contribution in [3.8, 4) is 0 Å². The zero-order valence-electron chi connectivity index (χ0n) is 11.2. The normalized spacial score (nSPS) is 13.4. The molecule has 0 spiro atoms. The van der Waals surface area contributed by atoms with Gasteiger partial charge in [0.05, 0.1) is 17.8 Å². The minimum Gasteiger partial charge on any atom is -0.273 e. The number of aryl methyl sites for hydroxylation is 1. The number of halogens is 4. The Hall–Kier alpha value is -1.38. The van der Waals surface area contributed by atoms with Gasteiger partial charge in [0.15, 0.2) is 0 Å². The van der Waals surface area contributed by atoms with Crippen LogP contribution in [0.5, 0.6) is 0 Å². The van der Waals surface area contributed by atoms with E-state index in [1.54, 1.807) is 17.1 Å². The van der Waals surface area contributed by atoms with E-state index < -0.39 is 17.8 Å². The second kappa shape index (κ2) is 6.17. The van der Waals surface area contributed by atoms with Crippen molar-refractivity contribution in [2.45, 2.75) is 25.7 Å². The first kappa shape index (κ1) is 16.0. The molecule has 1 unspecified atom stereocenters. The fraction of sp³-hybridized carbons (Fsp3) is 0.308. The van der Waals surface area contributed by atoms with Crippen molar-refractivity contribution in [1.29, 1.82) is 0 Å². The zero-order valence-corrected chi connectivity index (χ0v) is 12.7. The van der Waals surface area contributed by atoms with Crippen molar-refractivity contribution in [3.63, 3.8) is 0 Å². The molecular formula is C13H14BrF3N4. The van der Waals surface area contributed by atoms with Crippen molar-refractivity contribution in [2.75, 3.05) is 0 Å². The van der Waals surface area contributed by atoms with Crippen LogP contribution in [0.15, 0.2) is 35.1 Å². The standard InChI is InChI=1S/C13H14BrF3N4/c1-2-21-7-8(6-19-21)12(20-18)10-5-9(13(15,16)17)3-4-11(10)14/h3-7,12,20H,2,18H2,1H3. The van der Waals surface area contributed by atoms with Crippen LogP contribution in [-0.2, 0) is 12.7 Å². The van der Waals surface area contributed by atoms with Crippen molar-refractivity contribution in [2.24, 2.45) is 5.84 Å². The van der Waals surface area contributed by atoms with Gasteiger partial charge in [-0.2, -0.15) is 18.3 Å². The minimum atomic E-state index is -4.40. The average Bonchev–Trinajstić information content (AvgIpc) is 2.89. The van der Waals surface area contributed by atoms with E-state index in [1.165, 1.54) is 6.07 Å². The number of hydrazine groups is 1. The molecule has 1 atom stereocenters. The molecule has 0 aliphatic rings. The number of nitrogens with zero attached hydrogens (tertiary/aromatic N) is 2. The summed E-state index contributed by atoms with van der Waals surface area (Å²) in [6.07, 6.45) is -1.07. The van der Waals surface area contributed by atoms with Crippen LogP contribution < -0.4 is 11.3 Å². The molecule has 2 rings (SSSR count). The third-order valence-corrected chi connectivity index (χ3v) is 3.83. The van der Waals surface area contributed by atoms with Crippen LogP contribution in [0, 0.1) is 0 Å². The molecule has 0 amide bonds. The van der Waals surface area contributed by atoms with Crippen molar-refractivity contribution < 1.29 is 13.2 Å². The van der Waals surface area contributed by atoms with E-state index in [-0.39, 0.29) is 0 Å². The van der Waals surface area contributed by atoms with Gasteiger partial charge in [-0.05, 0) is 30.7 Å². The number of hydrogen-bond acceptors (Lipinski definition) is 3. The van der Waals surface area contributed by atoms with Gasteiger partial charge in [-0.15, -0.1) is 0 Å². The van der Waals surface area contributed by atoms with Gasteiger partial charge in [-0.1, -0.05) is 15.9 Å². The molecule has 0 saturated heterocycles. The monoisotopic (exact) mass is 362 g/mol. The average molecular weight is 363 g/mol. The lowest BCUT2D eigenvalue weighted by molar-refractivity contribution is -0.137. The molecule has 0 saturated carbocycles. The predicted octanol–water partition coefficient (Wildman–Crippen LogP) is 3.24. The maximum atomic E-state index is 12.8. The van der Waals surface area contributed by atoms with Gasteiger partial charge < -0.3 is 0 Å². The summed E-state index contributed by atoms with van der Waals surface area (Å²) < 4.78 is 40.8. The SMILES string of the molecule is CCn1cc(C(NN)c2cc(C(F)(F)F)ccc2Br)cn1. The Kier molecular flexibility index (Phi) is 4.70. The molecule has 0 radical (unpaired) electrons. The van der Waals surface area contributed by atoms with Gasteiger partial charge in [-0.25, -0.2) is 5.43 Å². The lowest BCUT2D eigenvalue weighted by Gasteiger charge is -2.18. The summed E-state index contributed by atoms with van der Waals surface area (Å²) in [4.78, 5) is 0. The van der Waals surface area contributed by atoms with Gasteiger partial charge in [0.1, 0.15) is 0 Å². The molecule has 0 fully saturated rings. The Morgan fingerprint density at radius 2 is 2.14 bits per heavy atom. The van der Waals surface area contributed by atoms with Crippen LogP contribution in [0.2, 0.25) is 0 Å². The second-order valence-electron chi connectivity index (χ2n) is 4.46. The number of hydrogen-bond donors (Lipinski definition) is 2. The summed E-state index contributed by atoms with van der Waals surface area (Å²) in [6, 6.07) is 2.89. The molecule has 1 aromatic heterocycles. The van der Waals surface area contributed by atoms with Crippen LogP contribution in [0.3, 0.4) is 0 Å². The number of nitrogens with one attached hydrogen (secondary N) is 1. The van der Waals surface area contributed by atoms with Gasteiger partial charge in [0, 0.05) is 22.8 Å². The molecule has 4 nitrogen and oxygen atoms in total. The van der Waals surface area contributed by atoms with Gasteiger partial charge in [0.2, 0.25) is 0 Å². The summed E-state index contributed by atoms with van der Waals surface area (Å²) >= 11 is 3.27. The van der Waals surface area contributed by atoms with Crippen LogP contribution in [0.4, 0.5) is 13.2 Å². The van der Waals surface area contributed by atoms with E-state index in [2.05, 4.69) is 26.5 Å². The summed E-state index contributed by atoms with van der Waals surface area (Å²) in [6.45, 7) is 2.59. The maximum Gasteiger partial charge on any atom is 0.416 e. The number of aromatic nitrogens is 2. The lowest BCUT2D eigenvalue weighted by atomic mass is 10.00. The van der Waals surface area contributed by atoms with E-state index in [1.807, 2.05) is 6.92 Å². The molecule has 3 N–H and O–H groups in total. The topological polar surface area (TPSA) is 55.9 Å². The molecular weight excluding hydrogens is 349 g/mol. The molecule has 8 heteroatoms. The maximum absolute atomic E-state index is 12.8. The summed E-state index contributed by atoms with van der Waals surface area (Å²) in [5.74, 6) is 5.53. The smallest absolute Gasteiger partial charge is 0.273 e. The third kappa shape index (κ3) is 3.45. The molecule has 21 heavy (non-hydrogen) atoms. The van der Waals surface area contributed by atoms with Crippen molar-refractivity contribution in [1.82, 2.24) is 15.2 Å². The first-order chi connectivity index (χ1) is 9.86. The quantitative estimate of drug-likeness (QED) is 0.648. The molecule has 0 bridgehead atoms. The summed E-state index contributed by atoms with van der Waals surface area (Å²) in [7, 11) is 0. The number of alkyl halides is 3. The zero-order chi connectivity index (χ0) is 15.6. The van der Waals surface area contributed by atoms with Crippen LogP contribution >= 0.6 is 15.9 Å². The summed E-state index contributed by atoms with van der Waals surface area (Å²) in [5.41, 5.74) is 2.92. The largest absolute Gasteiger partial charge is 0.416 e. The van der Waals surface area contributed by atoms with Gasteiger partial charge >= 0.3 is 6.18 Å². The van der Waals surface area contributed by atoms with Gasteiger partial charge in [-0.3, -0.25) is 10.5 Å². The van der Waals surface area contributed by atoms with Crippen LogP contribution in [0.1, 0.15) is 29.7 Å². The highest BCUT2D eigenvalue weighted by atomic mass is 79.9. The Labute approximate surface area is 128 Å². The molecule has 2 aromatic rings. The van der Waals surface area contributed by atoms with Crippen LogP contribution in [-0.4, -0.2) is 9.78 Å². The Bertz CT molecular complexity index is 624. The van der Waals surface area contributed by atoms with Crippen LogP contribution in [0.25, 0.3) is 0 Å². The predicted molar refractivity (Wildman–Crippen MR) is 76.2 cm³/mol. The molecule has 114 valence electrons. The van der Waals surface area contributed by atoms with E-state index in [0.717, 1.165) is 12.1 Å². The van der Waals surface area contributed by atoms with Crippen molar-refractivity contribution in [3.05, 3.63) is 51.8 Å². The highest BCUT2D eigenvalue weighted by Gasteiger charge is 2.32. The molecule has 1 aromatic carbocycles.